The number of benzene rings is 1. The Kier molecular flexibility index (Phi) is 6.41. The summed E-state index contributed by atoms with van der Waals surface area (Å²) >= 11 is 5.58. The molecule has 5 nitrogen and oxygen atoms in total. The second-order valence-corrected chi connectivity index (χ2v) is 5.06. The summed E-state index contributed by atoms with van der Waals surface area (Å²) in [6.07, 6.45) is 0.781. The number of hydrogen-bond donors (Lipinski definition) is 3. The lowest BCUT2D eigenvalue weighted by molar-refractivity contribution is -0.858. The first-order valence-corrected chi connectivity index (χ1v) is 6.61. The summed E-state index contributed by atoms with van der Waals surface area (Å²) in [6.45, 7) is 1.33. The maximum absolute atomic E-state index is 12.9. The molecule has 0 unspecified atom stereocenters. The highest BCUT2D eigenvalue weighted by atomic mass is 35.5. The summed E-state index contributed by atoms with van der Waals surface area (Å²) < 4.78 is 12.9. The third-order valence-corrected chi connectivity index (χ3v) is 2.81. The van der Waals surface area contributed by atoms with E-state index in [9.17, 15) is 14.0 Å². The predicted octanol–water partition coefficient (Wildman–Crippen LogP) is 0.0684. The number of rotatable bonds is 5. The third kappa shape index (κ3) is 5.54. The monoisotopic (exact) mass is 302 g/mol. The Morgan fingerprint density at radius 1 is 1.30 bits per heavy atom. The van der Waals surface area contributed by atoms with E-state index < -0.39 is 17.6 Å². The summed E-state index contributed by atoms with van der Waals surface area (Å²) in [5.41, 5.74) is 0.272. The second-order valence-electron chi connectivity index (χ2n) is 4.65. The Bertz CT molecular complexity index is 495. The fraction of sp³-hybridized carbons (Fsp3) is 0.385. The zero-order chi connectivity index (χ0) is 15.1. The topological polar surface area (TPSA) is 62.6 Å². The Morgan fingerprint density at radius 3 is 2.60 bits per heavy atom. The van der Waals surface area contributed by atoms with Crippen LogP contribution in [0.4, 0.5) is 10.1 Å². The van der Waals surface area contributed by atoms with Gasteiger partial charge in [0, 0.05) is 18.7 Å². The van der Waals surface area contributed by atoms with Gasteiger partial charge in [0.2, 0.25) is 0 Å². The van der Waals surface area contributed by atoms with Crippen LogP contribution in [0.2, 0.25) is 5.02 Å². The van der Waals surface area contributed by atoms with Crippen molar-refractivity contribution < 1.29 is 18.9 Å². The molecule has 0 aliphatic carbocycles. The largest absolute Gasteiger partial charge is 0.348 e. The van der Waals surface area contributed by atoms with Gasteiger partial charge in [-0.3, -0.25) is 9.59 Å². The average molecular weight is 303 g/mol. The van der Waals surface area contributed by atoms with Crippen LogP contribution in [0.15, 0.2) is 18.2 Å². The van der Waals surface area contributed by atoms with Crippen LogP contribution in [-0.4, -0.2) is 39.0 Å². The number of carbonyl (C=O) groups excluding carboxylic acids is 2. The van der Waals surface area contributed by atoms with Crippen LogP contribution in [0, 0.1) is 5.82 Å². The highest BCUT2D eigenvalue weighted by Gasteiger charge is 2.13. The molecule has 0 spiro atoms. The van der Waals surface area contributed by atoms with E-state index in [0.29, 0.717) is 6.54 Å². The predicted molar refractivity (Wildman–Crippen MR) is 75.3 cm³/mol. The molecule has 0 saturated carbocycles. The minimum absolute atomic E-state index is 0.114. The summed E-state index contributed by atoms with van der Waals surface area (Å²) in [7, 11) is 4.01. The van der Waals surface area contributed by atoms with Gasteiger partial charge in [-0.25, -0.2) is 4.39 Å². The van der Waals surface area contributed by atoms with Gasteiger partial charge in [0.05, 0.1) is 25.7 Å². The zero-order valence-electron chi connectivity index (χ0n) is 11.4. The summed E-state index contributed by atoms with van der Waals surface area (Å²) in [6, 6.07) is 3.70. The van der Waals surface area contributed by atoms with E-state index >= 15 is 0 Å². The van der Waals surface area contributed by atoms with Crippen LogP contribution in [0.5, 0.6) is 0 Å². The Hall–Kier alpha value is -1.66. The fourth-order valence-electron chi connectivity index (χ4n) is 1.49. The molecule has 0 atom stereocenters. The molecule has 7 heteroatoms. The van der Waals surface area contributed by atoms with E-state index in [1.807, 2.05) is 14.1 Å². The number of nitrogens with one attached hydrogen (secondary N) is 3. The molecule has 1 rings (SSSR count). The molecule has 0 radical (unpaired) electrons. The molecule has 3 N–H and O–H groups in total. The van der Waals surface area contributed by atoms with Crippen molar-refractivity contribution in [3.8, 4) is 0 Å². The van der Waals surface area contributed by atoms with Crippen LogP contribution < -0.4 is 15.5 Å². The highest BCUT2D eigenvalue weighted by Crippen LogP contribution is 2.19. The number of halogens is 2. The second kappa shape index (κ2) is 7.81. The molecule has 0 saturated heterocycles. The summed E-state index contributed by atoms with van der Waals surface area (Å²) in [5.74, 6) is -2.11. The standard InChI is InChI=1S/C13H17ClFN3O2/c1-18(2)7-3-6-16-12(19)13(20)17-9-4-5-11(15)10(14)8-9/h4-5,8H,3,6-7H2,1-2H3,(H,16,19)(H,17,20)/p+1. The van der Waals surface area contributed by atoms with Crippen LogP contribution in [0.1, 0.15) is 6.42 Å². The molecule has 0 aliphatic rings. The van der Waals surface area contributed by atoms with Crippen molar-refractivity contribution in [1.29, 1.82) is 0 Å². The van der Waals surface area contributed by atoms with Crippen LogP contribution >= 0.6 is 11.6 Å². The number of carbonyl (C=O) groups is 2. The minimum atomic E-state index is -0.801. The molecular formula is C13H18ClFN3O2+. The van der Waals surface area contributed by atoms with E-state index in [1.165, 1.54) is 17.0 Å². The minimum Gasteiger partial charge on any atom is -0.348 e. The van der Waals surface area contributed by atoms with Crippen molar-refractivity contribution in [3.63, 3.8) is 0 Å². The van der Waals surface area contributed by atoms with Gasteiger partial charge in [-0.15, -0.1) is 0 Å². The van der Waals surface area contributed by atoms with Crippen LogP contribution in [-0.2, 0) is 9.59 Å². The van der Waals surface area contributed by atoms with Gasteiger partial charge in [0.25, 0.3) is 0 Å². The molecule has 0 bridgehead atoms. The molecule has 2 amide bonds. The molecule has 0 heterocycles. The van der Waals surface area contributed by atoms with Gasteiger partial charge >= 0.3 is 11.8 Å². The Labute approximate surface area is 122 Å². The fourth-order valence-corrected chi connectivity index (χ4v) is 1.67. The molecule has 0 aliphatic heterocycles. The lowest BCUT2D eigenvalue weighted by Gasteiger charge is -2.08. The summed E-state index contributed by atoms with van der Waals surface area (Å²) in [5, 5.41) is 4.75. The molecule has 0 fully saturated rings. The van der Waals surface area contributed by atoms with Crippen molar-refractivity contribution >= 4 is 29.1 Å². The zero-order valence-corrected chi connectivity index (χ0v) is 12.2. The van der Waals surface area contributed by atoms with Gasteiger partial charge in [0.15, 0.2) is 0 Å². The maximum Gasteiger partial charge on any atom is 0.313 e. The average Bonchev–Trinajstić information content (AvgIpc) is 2.38. The Morgan fingerprint density at radius 2 is 2.00 bits per heavy atom. The molecule has 110 valence electrons. The first-order valence-electron chi connectivity index (χ1n) is 6.23. The van der Waals surface area contributed by atoms with Gasteiger partial charge < -0.3 is 15.5 Å². The van der Waals surface area contributed by atoms with Gasteiger partial charge in [-0.05, 0) is 18.2 Å². The van der Waals surface area contributed by atoms with E-state index in [-0.39, 0.29) is 10.7 Å². The van der Waals surface area contributed by atoms with E-state index in [1.54, 1.807) is 0 Å². The highest BCUT2D eigenvalue weighted by molar-refractivity contribution is 6.39. The molecule has 0 aromatic heterocycles. The number of anilines is 1. The molecule has 1 aromatic rings. The molecule has 20 heavy (non-hydrogen) atoms. The lowest BCUT2D eigenvalue weighted by Crippen LogP contribution is -3.05. The van der Waals surface area contributed by atoms with Crippen molar-refractivity contribution in [2.75, 3.05) is 32.5 Å². The van der Waals surface area contributed by atoms with Crippen molar-refractivity contribution in [2.45, 2.75) is 6.42 Å². The number of amides is 2. The van der Waals surface area contributed by atoms with Gasteiger partial charge in [-0.2, -0.15) is 0 Å². The van der Waals surface area contributed by atoms with Gasteiger partial charge in [0.1, 0.15) is 5.82 Å². The van der Waals surface area contributed by atoms with Crippen molar-refractivity contribution in [2.24, 2.45) is 0 Å². The molecular weight excluding hydrogens is 285 g/mol. The SMILES string of the molecule is C[NH+](C)CCCNC(=O)C(=O)Nc1ccc(F)c(Cl)c1. The van der Waals surface area contributed by atoms with Crippen LogP contribution in [0.25, 0.3) is 0 Å². The maximum atomic E-state index is 12.9. The lowest BCUT2D eigenvalue weighted by atomic mass is 10.3. The third-order valence-electron chi connectivity index (χ3n) is 2.52. The van der Waals surface area contributed by atoms with E-state index in [4.69, 9.17) is 11.6 Å². The van der Waals surface area contributed by atoms with E-state index in [2.05, 4.69) is 10.6 Å². The van der Waals surface area contributed by atoms with Crippen LogP contribution in [0.3, 0.4) is 0 Å². The van der Waals surface area contributed by atoms with Gasteiger partial charge in [-0.1, -0.05) is 11.6 Å². The van der Waals surface area contributed by atoms with E-state index in [0.717, 1.165) is 19.0 Å². The first kappa shape index (κ1) is 16.4. The Balaban J connectivity index is 2.41. The molecule has 1 aromatic carbocycles. The smallest absolute Gasteiger partial charge is 0.313 e. The normalized spacial score (nSPS) is 10.4. The number of hydrogen-bond acceptors (Lipinski definition) is 2. The quantitative estimate of drug-likeness (QED) is 0.532. The van der Waals surface area contributed by atoms with Crippen molar-refractivity contribution in [1.82, 2.24) is 5.32 Å². The number of quaternary nitrogens is 1. The summed E-state index contributed by atoms with van der Waals surface area (Å²) in [4.78, 5) is 24.3. The van der Waals surface area contributed by atoms with Crippen molar-refractivity contribution in [3.05, 3.63) is 29.0 Å². The first-order chi connectivity index (χ1) is 9.40.